The lowest BCUT2D eigenvalue weighted by molar-refractivity contribution is 0.168. The highest BCUT2D eigenvalue weighted by molar-refractivity contribution is 7.90. The molecular weight excluding hydrogens is 236 g/mol. The molecule has 0 aliphatic carbocycles. The summed E-state index contributed by atoms with van der Waals surface area (Å²) in [6.45, 7) is 7.22. The van der Waals surface area contributed by atoms with Crippen LogP contribution >= 0.6 is 0 Å². The molecule has 1 saturated heterocycles. The Morgan fingerprint density at radius 1 is 1.35 bits per heavy atom. The summed E-state index contributed by atoms with van der Waals surface area (Å²) in [7, 11) is -3.41. The van der Waals surface area contributed by atoms with E-state index in [2.05, 4.69) is 13.8 Å². The van der Waals surface area contributed by atoms with Gasteiger partial charge in [-0.15, -0.1) is 0 Å². The third kappa shape index (κ3) is 2.99. The highest BCUT2D eigenvalue weighted by atomic mass is 32.2. The molecule has 0 aromatic heterocycles. The highest BCUT2D eigenvalue weighted by Crippen LogP contribution is 2.35. The van der Waals surface area contributed by atoms with Crippen molar-refractivity contribution in [3.05, 3.63) is 0 Å². The zero-order chi connectivity index (χ0) is 13.1. The van der Waals surface area contributed by atoms with Gasteiger partial charge in [0.1, 0.15) is 0 Å². The summed E-state index contributed by atoms with van der Waals surface area (Å²) < 4.78 is 25.8. The van der Waals surface area contributed by atoms with Gasteiger partial charge in [-0.25, -0.2) is 12.7 Å². The number of sulfonamides is 1. The minimum atomic E-state index is -3.41. The van der Waals surface area contributed by atoms with Gasteiger partial charge >= 0.3 is 0 Å². The lowest BCUT2D eigenvalue weighted by atomic mass is 9.79. The molecule has 1 atom stereocenters. The minimum Gasteiger partial charge on any atom is -0.211 e. The second kappa shape index (κ2) is 5.36. The normalized spacial score (nSPS) is 22.9. The Morgan fingerprint density at radius 2 is 1.88 bits per heavy atom. The van der Waals surface area contributed by atoms with Crippen molar-refractivity contribution in [2.45, 2.75) is 51.7 Å². The zero-order valence-electron chi connectivity index (χ0n) is 10.9. The standard InChI is InChI=1S/C12H22N2O2S/c1-4-11(10-13)17(15,16)14-8-6-12(3,5-2)7-9-14/h11H,4-9H2,1-3H3. The van der Waals surface area contributed by atoms with E-state index in [-0.39, 0.29) is 5.41 Å². The molecule has 4 nitrogen and oxygen atoms in total. The lowest BCUT2D eigenvalue weighted by Crippen LogP contribution is -2.45. The predicted molar refractivity (Wildman–Crippen MR) is 67.8 cm³/mol. The highest BCUT2D eigenvalue weighted by Gasteiger charge is 2.36. The van der Waals surface area contributed by atoms with Crippen LogP contribution in [0.2, 0.25) is 0 Å². The summed E-state index contributed by atoms with van der Waals surface area (Å²) in [5.41, 5.74) is 0.264. The molecule has 0 aromatic carbocycles. The van der Waals surface area contributed by atoms with Gasteiger partial charge in [-0.3, -0.25) is 0 Å². The van der Waals surface area contributed by atoms with Crippen molar-refractivity contribution in [3.63, 3.8) is 0 Å². The van der Waals surface area contributed by atoms with E-state index in [0.29, 0.717) is 19.5 Å². The largest absolute Gasteiger partial charge is 0.230 e. The van der Waals surface area contributed by atoms with Crippen molar-refractivity contribution < 1.29 is 8.42 Å². The number of hydrogen-bond donors (Lipinski definition) is 0. The minimum absolute atomic E-state index is 0.264. The second-order valence-corrected chi connectivity index (χ2v) is 7.25. The molecule has 5 heteroatoms. The molecule has 0 spiro atoms. The number of nitriles is 1. The fourth-order valence-electron chi connectivity index (χ4n) is 2.18. The number of nitrogens with zero attached hydrogens (tertiary/aromatic N) is 2. The van der Waals surface area contributed by atoms with Crippen LogP contribution in [0.3, 0.4) is 0 Å². The first-order valence-electron chi connectivity index (χ1n) is 6.28. The molecule has 1 aliphatic rings. The predicted octanol–water partition coefficient (Wildman–Crippen LogP) is 2.13. The smallest absolute Gasteiger partial charge is 0.211 e. The van der Waals surface area contributed by atoms with Crippen molar-refractivity contribution in [1.29, 1.82) is 5.26 Å². The molecule has 1 heterocycles. The summed E-state index contributed by atoms with van der Waals surface area (Å²) in [4.78, 5) is 0. The van der Waals surface area contributed by atoms with Crippen molar-refractivity contribution in [3.8, 4) is 6.07 Å². The van der Waals surface area contributed by atoms with Gasteiger partial charge in [0.15, 0.2) is 5.25 Å². The first kappa shape index (κ1) is 14.5. The van der Waals surface area contributed by atoms with Gasteiger partial charge in [0.05, 0.1) is 6.07 Å². The average molecular weight is 258 g/mol. The maximum atomic E-state index is 12.2. The summed E-state index contributed by atoms with van der Waals surface area (Å²) in [5.74, 6) is 0. The van der Waals surface area contributed by atoms with Crippen LogP contribution in [0.25, 0.3) is 0 Å². The van der Waals surface area contributed by atoms with Gasteiger partial charge in [0, 0.05) is 13.1 Å². The molecule has 98 valence electrons. The van der Waals surface area contributed by atoms with Gasteiger partial charge < -0.3 is 0 Å². The first-order valence-corrected chi connectivity index (χ1v) is 7.78. The zero-order valence-corrected chi connectivity index (χ0v) is 11.8. The van der Waals surface area contributed by atoms with Crippen LogP contribution in [-0.4, -0.2) is 31.1 Å². The average Bonchev–Trinajstić information content (AvgIpc) is 2.31. The summed E-state index contributed by atoms with van der Waals surface area (Å²) in [6.07, 6.45) is 3.23. The third-order valence-electron chi connectivity index (χ3n) is 4.02. The Hall–Kier alpha value is -0.600. The van der Waals surface area contributed by atoms with E-state index < -0.39 is 15.3 Å². The van der Waals surface area contributed by atoms with Crippen molar-refractivity contribution in [2.75, 3.05) is 13.1 Å². The molecule has 1 aliphatic heterocycles. The SMILES string of the molecule is CCC(C#N)S(=O)(=O)N1CCC(C)(CC)CC1. The summed E-state index contributed by atoms with van der Waals surface area (Å²) >= 11 is 0. The van der Waals surface area contributed by atoms with Crippen LogP contribution in [0.4, 0.5) is 0 Å². The number of rotatable bonds is 4. The van der Waals surface area contributed by atoms with Gasteiger partial charge in [-0.2, -0.15) is 5.26 Å². The Kier molecular flexibility index (Phi) is 4.56. The molecule has 17 heavy (non-hydrogen) atoms. The Labute approximate surface area is 105 Å². The van der Waals surface area contributed by atoms with Crippen LogP contribution in [0, 0.1) is 16.7 Å². The molecule has 1 unspecified atom stereocenters. The number of piperidine rings is 1. The van der Waals surface area contributed by atoms with Gasteiger partial charge in [0.2, 0.25) is 10.0 Å². The van der Waals surface area contributed by atoms with Crippen LogP contribution in [0.1, 0.15) is 46.5 Å². The fraction of sp³-hybridized carbons (Fsp3) is 0.917. The monoisotopic (exact) mass is 258 g/mol. The van der Waals surface area contributed by atoms with Gasteiger partial charge in [0.25, 0.3) is 0 Å². The maximum Gasteiger partial charge on any atom is 0.230 e. The second-order valence-electron chi connectivity index (χ2n) is 5.13. The molecule has 1 fully saturated rings. The Morgan fingerprint density at radius 3 is 2.24 bits per heavy atom. The molecule has 0 amide bonds. The fourth-order valence-corrected chi connectivity index (χ4v) is 3.79. The van der Waals surface area contributed by atoms with E-state index in [4.69, 9.17) is 5.26 Å². The van der Waals surface area contributed by atoms with Gasteiger partial charge in [-0.1, -0.05) is 27.2 Å². The topological polar surface area (TPSA) is 61.2 Å². The summed E-state index contributed by atoms with van der Waals surface area (Å²) in [6, 6.07) is 1.89. The molecule has 1 rings (SSSR count). The quantitative estimate of drug-likeness (QED) is 0.776. The van der Waals surface area contributed by atoms with Crippen molar-refractivity contribution in [1.82, 2.24) is 4.31 Å². The lowest BCUT2D eigenvalue weighted by Gasteiger charge is -2.38. The third-order valence-corrected chi connectivity index (χ3v) is 6.26. The molecular formula is C12H22N2O2S. The van der Waals surface area contributed by atoms with Crippen LogP contribution in [0.5, 0.6) is 0 Å². The van der Waals surface area contributed by atoms with Crippen LogP contribution in [0.15, 0.2) is 0 Å². The molecule has 0 radical (unpaired) electrons. The van der Waals surface area contributed by atoms with Crippen molar-refractivity contribution >= 4 is 10.0 Å². The summed E-state index contributed by atoms with van der Waals surface area (Å²) in [5, 5.41) is 8.00. The Bertz CT molecular complexity index is 389. The van der Waals surface area contributed by atoms with Crippen LogP contribution in [-0.2, 0) is 10.0 Å². The van der Waals surface area contributed by atoms with E-state index in [0.717, 1.165) is 19.3 Å². The molecule has 0 aromatic rings. The maximum absolute atomic E-state index is 12.2. The first-order chi connectivity index (χ1) is 7.89. The van der Waals surface area contributed by atoms with E-state index >= 15 is 0 Å². The van der Waals surface area contributed by atoms with E-state index in [9.17, 15) is 8.42 Å². The van der Waals surface area contributed by atoms with E-state index in [1.54, 1.807) is 6.92 Å². The Balaban J connectivity index is 2.75. The van der Waals surface area contributed by atoms with Gasteiger partial charge in [-0.05, 0) is 24.7 Å². The molecule has 0 N–H and O–H groups in total. The van der Waals surface area contributed by atoms with E-state index in [1.165, 1.54) is 4.31 Å². The molecule has 0 bridgehead atoms. The van der Waals surface area contributed by atoms with E-state index in [1.807, 2.05) is 6.07 Å². The van der Waals surface area contributed by atoms with Crippen molar-refractivity contribution in [2.24, 2.45) is 5.41 Å². The number of hydrogen-bond acceptors (Lipinski definition) is 3. The molecule has 0 saturated carbocycles. The van der Waals surface area contributed by atoms with Crippen LogP contribution < -0.4 is 0 Å².